The lowest BCUT2D eigenvalue weighted by Crippen LogP contribution is -2.23. The third-order valence-corrected chi connectivity index (χ3v) is 4.00. The first-order valence-corrected chi connectivity index (χ1v) is 9.22. The van der Waals surface area contributed by atoms with E-state index in [1.807, 2.05) is 6.92 Å². The number of carbonyl (C=O) groups is 1. The summed E-state index contributed by atoms with van der Waals surface area (Å²) >= 11 is 0. The fraction of sp³-hybridized carbons (Fsp3) is 0.300. The maximum atomic E-state index is 12.4. The fourth-order valence-corrected chi connectivity index (χ4v) is 2.75. The van der Waals surface area contributed by atoms with Crippen molar-refractivity contribution in [1.82, 2.24) is 19.7 Å². The summed E-state index contributed by atoms with van der Waals surface area (Å²) in [5, 5.41) is 7.07. The molecule has 1 aromatic carbocycles. The molecule has 0 aliphatic rings. The molecular formula is C20H23N5O4. The van der Waals surface area contributed by atoms with Crippen LogP contribution in [0.15, 0.2) is 41.2 Å². The molecule has 3 aromatic rings. The summed E-state index contributed by atoms with van der Waals surface area (Å²) in [4.78, 5) is 31.4. The van der Waals surface area contributed by atoms with Gasteiger partial charge in [0.15, 0.2) is 6.61 Å². The minimum atomic E-state index is -0.374. The van der Waals surface area contributed by atoms with Crippen LogP contribution in [-0.4, -0.2) is 39.4 Å². The Morgan fingerprint density at radius 3 is 2.79 bits per heavy atom. The van der Waals surface area contributed by atoms with Crippen LogP contribution in [0.2, 0.25) is 0 Å². The van der Waals surface area contributed by atoms with Crippen LogP contribution < -0.4 is 20.3 Å². The number of H-pyrrole nitrogens is 1. The van der Waals surface area contributed by atoms with Gasteiger partial charge in [-0.15, -0.1) is 0 Å². The summed E-state index contributed by atoms with van der Waals surface area (Å²) in [6.45, 7) is 3.60. The number of aryl methyl sites for hydroxylation is 2. The summed E-state index contributed by atoms with van der Waals surface area (Å²) in [6.07, 6.45) is 1.53. The fourth-order valence-electron chi connectivity index (χ4n) is 2.75. The van der Waals surface area contributed by atoms with Crippen LogP contribution in [0.5, 0.6) is 11.5 Å². The monoisotopic (exact) mass is 397 g/mol. The van der Waals surface area contributed by atoms with Gasteiger partial charge in [0.05, 0.1) is 12.8 Å². The third kappa shape index (κ3) is 5.22. The zero-order valence-corrected chi connectivity index (χ0v) is 16.6. The highest BCUT2D eigenvalue weighted by Gasteiger charge is 2.14. The minimum Gasteiger partial charge on any atom is -0.497 e. The van der Waals surface area contributed by atoms with E-state index in [2.05, 4.69) is 20.4 Å². The number of methoxy groups -OCH3 is 1. The molecule has 2 aromatic heterocycles. The van der Waals surface area contributed by atoms with E-state index < -0.39 is 0 Å². The van der Waals surface area contributed by atoms with Crippen molar-refractivity contribution in [2.24, 2.45) is 0 Å². The van der Waals surface area contributed by atoms with Gasteiger partial charge in [-0.05, 0) is 25.5 Å². The van der Waals surface area contributed by atoms with Crippen molar-refractivity contribution in [3.8, 4) is 17.4 Å². The molecule has 0 spiro atoms. The summed E-state index contributed by atoms with van der Waals surface area (Å²) in [7, 11) is 1.56. The number of rotatable bonds is 8. The molecule has 9 nitrogen and oxygen atoms in total. The van der Waals surface area contributed by atoms with E-state index >= 15 is 0 Å². The summed E-state index contributed by atoms with van der Waals surface area (Å²) in [5.41, 5.74) is 1.06. The molecule has 0 radical (unpaired) electrons. The standard InChI is InChI=1S/C20H23N5O4/c1-4-6-14-10-18(26)23-20(21-14)25-17(9-13(2)24-25)22-19(27)12-29-16-8-5-7-15(11-16)28-3/h5,7-11H,4,6,12H2,1-3H3,(H,22,27)(H,21,23,26). The van der Waals surface area contributed by atoms with E-state index in [-0.39, 0.29) is 24.0 Å². The summed E-state index contributed by atoms with van der Waals surface area (Å²) < 4.78 is 12.0. The maximum absolute atomic E-state index is 12.4. The van der Waals surface area contributed by atoms with Crippen LogP contribution in [0.1, 0.15) is 24.7 Å². The van der Waals surface area contributed by atoms with Gasteiger partial charge in [-0.1, -0.05) is 19.4 Å². The van der Waals surface area contributed by atoms with Crippen LogP contribution in [0.3, 0.4) is 0 Å². The second-order valence-corrected chi connectivity index (χ2v) is 6.41. The van der Waals surface area contributed by atoms with Crippen LogP contribution in [-0.2, 0) is 11.2 Å². The second kappa shape index (κ2) is 9.05. The van der Waals surface area contributed by atoms with Gasteiger partial charge in [0.25, 0.3) is 11.5 Å². The molecule has 0 aliphatic heterocycles. The lowest BCUT2D eigenvalue weighted by atomic mass is 10.2. The van der Waals surface area contributed by atoms with Crippen LogP contribution in [0, 0.1) is 6.92 Å². The van der Waals surface area contributed by atoms with Crippen molar-refractivity contribution in [3.63, 3.8) is 0 Å². The lowest BCUT2D eigenvalue weighted by molar-refractivity contribution is -0.118. The van der Waals surface area contributed by atoms with Crippen LogP contribution >= 0.6 is 0 Å². The van der Waals surface area contributed by atoms with Crippen molar-refractivity contribution in [3.05, 3.63) is 58.1 Å². The van der Waals surface area contributed by atoms with Gasteiger partial charge in [0.1, 0.15) is 17.3 Å². The predicted octanol–water partition coefficient (Wildman–Crippen LogP) is 2.24. The van der Waals surface area contributed by atoms with Crippen molar-refractivity contribution < 1.29 is 14.3 Å². The highest BCUT2D eigenvalue weighted by molar-refractivity contribution is 5.91. The highest BCUT2D eigenvalue weighted by atomic mass is 16.5. The molecule has 152 valence electrons. The molecule has 0 atom stereocenters. The molecular weight excluding hydrogens is 374 g/mol. The number of hydrogen-bond acceptors (Lipinski definition) is 6. The Morgan fingerprint density at radius 1 is 1.24 bits per heavy atom. The zero-order valence-electron chi connectivity index (χ0n) is 16.6. The molecule has 3 rings (SSSR count). The van der Waals surface area contributed by atoms with Gasteiger partial charge < -0.3 is 14.8 Å². The van der Waals surface area contributed by atoms with E-state index in [1.165, 1.54) is 10.7 Å². The Kier molecular flexibility index (Phi) is 6.28. The topological polar surface area (TPSA) is 111 Å². The number of nitrogens with zero attached hydrogens (tertiary/aromatic N) is 3. The van der Waals surface area contributed by atoms with Crippen molar-refractivity contribution in [2.75, 3.05) is 19.0 Å². The Balaban J connectivity index is 1.75. The Morgan fingerprint density at radius 2 is 2.03 bits per heavy atom. The number of anilines is 1. The van der Waals surface area contributed by atoms with Crippen LogP contribution in [0.4, 0.5) is 5.82 Å². The van der Waals surface area contributed by atoms with E-state index in [0.717, 1.165) is 6.42 Å². The molecule has 0 saturated carbocycles. The number of aromatic nitrogens is 4. The number of carbonyl (C=O) groups excluding carboxylic acids is 1. The number of benzene rings is 1. The first-order chi connectivity index (χ1) is 14.0. The van der Waals surface area contributed by atoms with Crippen molar-refractivity contribution in [2.45, 2.75) is 26.7 Å². The second-order valence-electron chi connectivity index (χ2n) is 6.41. The minimum absolute atomic E-state index is 0.197. The van der Waals surface area contributed by atoms with Crippen molar-refractivity contribution in [1.29, 1.82) is 0 Å². The molecule has 9 heteroatoms. The first kappa shape index (κ1) is 20.1. The maximum Gasteiger partial charge on any atom is 0.263 e. The number of hydrogen-bond donors (Lipinski definition) is 2. The molecule has 0 fully saturated rings. The Labute approximate surface area is 167 Å². The molecule has 2 heterocycles. The number of amides is 1. The molecule has 0 saturated heterocycles. The summed E-state index contributed by atoms with van der Waals surface area (Å²) in [6, 6.07) is 10.1. The van der Waals surface area contributed by atoms with E-state index in [4.69, 9.17) is 9.47 Å². The normalized spacial score (nSPS) is 10.6. The van der Waals surface area contributed by atoms with Crippen LogP contribution in [0.25, 0.3) is 5.95 Å². The predicted molar refractivity (Wildman–Crippen MR) is 108 cm³/mol. The molecule has 0 aliphatic carbocycles. The van der Waals surface area contributed by atoms with E-state index in [0.29, 0.717) is 35.1 Å². The van der Waals surface area contributed by atoms with Crippen molar-refractivity contribution >= 4 is 11.7 Å². The van der Waals surface area contributed by atoms with Gasteiger partial charge in [-0.25, -0.2) is 4.98 Å². The average Bonchev–Trinajstić information content (AvgIpc) is 3.06. The number of ether oxygens (including phenoxy) is 2. The van der Waals surface area contributed by atoms with Gasteiger partial charge in [0, 0.05) is 23.9 Å². The smallest absolute Gasteiger partial charge is 0.263 e. The first-order valence-electron chi connectivity index (χ1n) is 9.22. The quantitative estimate of drug-likeness (QED) is 0.603. The van der Waals surface area contributed by atoms with Gasteiger partial charge >= 0.3 is 0 Å². The van der Waals surface area contributed by atoms with E-state index in [1.54, 1.807) is 44.4 Å². The Bertz CT molecular complexity index is 1060. The lowest BCUT2D eigenvalue weighted by Gasteiger charge is -2.10. The largest absolute Gasteiger partial charge is 0.497 e. The average molecular weight is 397 g/mol. The van der Waals surface area contributed by atoms with Gasteiger partial charge in [-0.2, -0.15) is 9.78 Å². The summed E-state index contributed by atoms with van der Waals surface area (Å²) in [5.74, 6) is 1.42. The molecule has 29 heavy (non-hydrogen) atoms. The highest BCUT2D eigenvalue weighted by Crippen LogP contribution is 2.19. The SMILES string of the molecule is CCCc1cc(=O)[nH]c(-n2nc(C)cc2NC(=O)COc2cccc(OC)c2)n1. The Hall–Kier alpha value is -3.62. The number of aromatic amines is 1. The molecule has 0 bridgehead atoms. The number of nitrogens with one attached hydrogen (secondary N) is 2. The zero-order chi connectivity index (χ0) is 20.8. The molecule has 0 unspecified atom stereocenters. The molecule has 2 N–H and O–H groups in total. The van der Waals surface area contributed by atoms with E-state index in [9.17, 15) is 9.59 Å². The van der Waals surface area contributed by atoms with Gasteiger partial charge in [0.2, 0.25) is 5.95 Å². The van der Waals surface area contributed by atoms with Gasteiger partial charge in [-0.3, -0.25) is 14.6 Å². The third-order valence-electron chi connectivity index (χ3n) is 4.00. The molecule has 1 amide bonds.